The Kier molecular flexibility index (Phi) is 1.40. The van der Waals surface area contributed by atoms with Crippen molar-refractivity contribution in [2.75, 3.05) is 0 Å². The quantitative estimate of drug-likeness (QED) is 0.458. The lowest BCUT2D eigenvalue weighted by Crippen LogP contribution is -2.34. The zero-order valence-corrected chi connectivity index (χ0v) is 6.27. The van der Waals surface area contributed by atoms with Gasteiger partial charge < -0.3 is 5.84 Å². The molecule has 0 atom stereocenters. The van der Waals surface area contributed by atoms with Crippen molar-refractivity contribution in [3.63, 3.8) is 0 Å². The Morgan fingerprint density at radius 1 is 1.20 bits per heavy atom. The van der Waals surface area contributed by atoms with Gasteiger partial charge >= 0.3 is 0 Å². The fraction of sp³-hybridized carbons (Fsp3) is 0.875. The normalized spacial score (nSPS) is 27.2. The summed E-state index contributed by atoms with van der Waals surface area (Å²) in [5.41, 5.74) is 1.39. The van der Waals surface area contributed by atoms with Crippen LogP contribution in [-0.2, 0) is 0 Å². The van der Waals surface area contributed by atoms with E-state index >= 15 is 0 Å². The summed E-state index contributed by atoms with van der Waals surface area (Å²) in [6.45, 7) is 0. The van der Waals surface area contributed by atoms with Gasteiger partial charge in [-0.3, -0.25) is 4.68 Å². The molecule has 0 aromatic rings. The van der Waals surface area contributed by atoms with E-state index in [1.54, 1.807) is 4.68 Å². The highest BCUT2D eigenvalue weighted by molar-refractivity contribution is 5.80. The zero-order chi connectivity index (χ0) is 6.97. The SMILES string of the molecule is [NH-][N+]1=C2CCCC1CCC2. The van der Waals surface area contributed by atoms with Crippen LogP contribution in [0.3, 0.4) is 0 Å². The lowest BCUT2D eigenvalue weighted by molar-refractivity contribution is -0.515. The van der Waals surface area contributed by atoms with Crippen molar-refractivity contribution in [1.82, 2.24) is 0 Å². The van der Waals surface area contributed by atoms with Gasteiger partial charge in [0.15, 0.2) is 0 Å². The molecule has 2 heteroatoms. The lowest BCUT2D eigenvalue weighted by atomic mass is 9.90. The van der Waals surface area contributed by atoms with Crippen LogP contribution >= 0.6 is 0 Å². The molecule has 0 aromatic carbocycles. The van der Waals surface area contributed by atoms with Crippen LogP contribution in [0.5, 0.6) is 0 Å². The Bertz CT molecular complexity index is 160. The molecule has 0 aromatic heterocycles. The predicted octanol–water partition coefficient (Wildman–Crippen LogP) is 2.14. The summed E-state index contributed by atoms with van der Waals surface area (Å²) < 4.78 is 1.78. The van der Waals surface area contributed by atoms with Crippen LogP contribution in [0.25, 0.3) is 5.84 Å². The lowest BCUT2D eigenvalue weighted by Gasteiger charge is -2.28. The number of hydrogen-bond donors (Lipinski definition) is 0. The molecule has 2 rings (SSSR count). The molecule has 0 spiro atoms. The second-order valence-corrected chi connectivity index (χ2v) is 3.37. The van der Waals surface area contributed by atoms with Crippen molar-refractivity contribution in [1.29, 1.82) is 0 Å². The van der Waals surface area contributed by atoms with E-state index in [9.17, 15) is 0 Å². The molecule has 2 aliphatic heterocycles. The largest absolute Gasteiger partial charge is 0.454 e. The topological polar surface area (TPSA) is 26.8 Å². The molecule has 10 heavy (non-hydrogen) atoms. The van der Waals surface area contributed by atoms with Crippen LogP contribution in [0.1, 0.15) is 38.5 Å². The molecule has 1 N–H and O–H groups in total. The Hall–Kier alpha value is -0.530. The van der Waals surface area contributed by atoms with Crippen LogP contribution in [-0.4, -0.2) is 16.4 Å². The first kappa shape index (κ1) is 6.20. The van der Waals surface area contributed by atoms with E-state index < -0.39 is 0 Å². The van der Waals surface area contributed by atoms with Crippen molar-refractivity contribution in [2.45, 2.75) is 44.6 Å². The van der Waals surface area contributed by atoms with Crippen LogP contribution < -0.4 is 0 Å². The van der Waals surface area contributed by atoms with Gasteiger partial charge in [-0.05, 0) is 12.8 Å². The zero-order valence-electron chi connectivity index (χ0n) is 6.27. The standard InChI is InChI=1S/C8H14N2/c9-10-7-3-1-4-8(10)6-2-5-7/h7,9H,1-6H2. The van der Waals surface area contributed by atoms with Crippen molar-refractivity contribution in [3.8, 4) is 0 Å². The minimum absolute atomic E-state index is 0.581. The summed E-state index contributed by atoms with van der Waals surface area (Å²) in [5, 5.41) is 0. The molecule has 2 bridgehead atoms. The number of hydrogen-bond acceptors (Lipinski definition) is 0. The Morgan fingerprint density at radius 3 is 2.20 bits per heavy atom. The summed E-state index contributed by atoms with van der Waals surface area (Å²) in [7, 11) is 0. The van der Waals surface area contributed by atoms with Gasteiger partial charge in [-0.15, -0.1) is 0 Å². The molecule has 2 nitrogen and oxygen atoms in total. The highest BCUT2D eigenvalue weighted by Crippen LogP contribution is 2.24. The molecule has 0 fully saturated rings. The third-order valence-corrected chi connectivity index (χ3v) is 2.71. The third-order valence-electron chi connectivity index (χ3n) is 2.71. The van der Waals surface area contributed by atoms with Gasteiger partial charge in [0, 0.05) is 25.7 Å². The molecular formula is C8H14N2. The Labute approximate surface area is 61.7 Å². The van der Waals surface area contributed by atoms with Gasteiger partial charge in [-0.1, -0.05) is 0 Å². The summed E-state index contributed by atoms with van der Waals surface area (Å²) in [5.74, 6) is 7.68. The minimum atomic E-state index is 0.581. The smallest absolute Gasteiger partial charge is 0.147 e. The average Bonchev–Trinajstić information content (AvgIpc) is 1.86. The molecule has 0 amide bonds. The molecule has 2 heterocycles. The first-order valence-corrected chi connectivity index (χ1v) is 4.23. The summed E-state index contributed by atoms with van der Waals surface area (Å²) in [4.78, 5) is 0. The summed E-state index contributed by atoms with van der Waals surface area (Å²) in [6, 6.07) is 0.581. The van der Waals surface area contributed by atoms with Crippen LogP contribution in [0.2, 0.25) is 0 Å². The van der Waals surface area contributed by atoms with Crippen LogP contribution in [0.4, 0.5) is 0 Å². The molecule has 0 unspecified atom stereocenters. The monoisotopic (exact) mass is 138 g/mol. The van der Waals surface area contributed by atoms with E-state index in [0.29, 0.717) is 6.04 Å². The van der Waals surface area contributed by atoms with Crippen molar-refractivity contribution >= 4 is 5.71 Å². The second-order valence-electron chi connectivity index (χ2n) is 3.37. The number of fused-ring (bicyclic) bond motifs is 1. The molecular weight excluding hydrogens is 124 g/mol. The highest BCUT2D eigenvalue weighted by atomic mass is 15.3. The first-order chi connectivity index (χ1) is 4.88. The molecule has 0 aliphatic carbocycles. The maximum absolute atomic E-state index is 7.68. The van der Waals surface area contributed by atoms with Gasteiger partial charge in [0.05, 0.1) is 0 Å². The molecule has 0 radical (unpaired) electrons. The second kappa shape index (κ2) is 2.26. The van der Waals surface area contributed by atoms with E-state index in [1.807, 2.05) is 0 Å². The third kappa shape index (κ3) is 0.825. The van der Waals surface area contributed by atoms with Crippen LogP contribution in [0, 0.1) is 0 Å². The average molecular weight is 138 g/mol. The van der Waals surface area contributed by atoms with Gasteiger partial charge in [0.25, 0.3) is 0 Å². The predicted molar refractivity (Wildman–Crippen MR) is 41.1 cm³/mol. The molecule has 0 saturated carbocycles. The summed E-state index contributed by atoms with van der Waals surface area (Å²) >= 11 is 0. The van der Waals surface area contributed by atoms with E-state index in [2.05, 4.69) is 0 Å². The maximum Gasteiger partial charge on any atom is 0.147 e. The fourth-order valence-electron chi connectivity index (χ4n) is 2.11. The number of nitrogens with zero attached hydrogens (tertiary/aromatic N) is 1. The van der Waals surface area contributed by atoms with Crippen LogP contribution in [0.15, 0.2) is 0 Å². The van der Waals surface area contributed by atoms with E-state index in [-0.39, 0.29) is 0 Å². The maximum atomic E-state index is 7.68. The Balaban J connectivity index is 2.27. The highest BCUT2D eigenvalue weighted by Gasteiger charge is 2.28. The van der Waals surface area contributed by atoms with E-state index in [0.717, 1.165) is 0 Å². The van der Waals surface area contributed by atoms with Gasteiger partial charge in [0.2, 0.25) is 0 Å². The van der Waals surface area contributed by atoms with Gasteiger partial charge in [-0.25, -0.2) is 0 Å². The minimum Gasteiger partial charge on any atom is -0.454 e. The number of nitrogens with one attached hydrogen (secondary N) is 1. The van der Waals surface area contributed by atoms with Crippen molar-refractivity contribution < 1.29 is 4.68 Å². The van der Waals surface area contributed by atoms with E-state index in [1.165, 1.54) is 44.2 Å². The van der Waals surface area contributed by atoms with Gasteiger partial charge in [-0.2, -0.15) is 0 Å². The Morgan fingerprint density at radius 2 is 1.80 bits per heavy atom. The summed E-state index contributed by atoms with van der Waals surface area (Å²) in [6.07, 6.45) is 7.56. The first-order valence-electron chi connectivity index (χ1n) is 4.23. The van der Waals surface area contributed by atoms with Crippen molar-refractivity contribution in [2.24, 2.45) is 0 Å². The van der Waals surface area contributed by atoms with Crippen molar-refractivity contribution in [3.05, 3.63) is 5.84 Å². The molecule has 0 saturated heterocycles. The fourth-order valence-corrected chi connectivity index (χ4v) is 2.11. The number of rotatable bonds is 0. The molecule has 56 valence electrons. The van der Waals surface area contributed by atoms with E-state index in [4.69, 9.17) is 5.84 Å². The molecule has 2 aliphatic rings. The van der Waals surface area contributed by atoms with Gasteiger partial charge in [0.1, 0.15) is 11.8 Å².